The van der Waals surface area contributed by atoms with Gasteiger partial charge in [0.15, 0.2) is 0 Å². The molecule has 6 nitrogen and oxygen atoms in total. The zero-order chi connectivity index (χ0) is 10.7. The fraction of sp³-hybridized carbons (Fsp3) is 0. The summed E-state index contributed by atoms with van der Waals surface area (Å²) in [6.07, 6.45) is 0. The first-order chi connectivity index (χ1) is 5.20. The Morgan fingerprint density at radius 2 is 0.500 bits per heavy atom. The van der Waals surface area contributed by atoms with Crippen molar-refractivity contribution in [2.75, 3.05) is 0 Å². The summed E-state index contributed by atoms with van der Waals surface area (Å²) in [4.78, 5) is 26.1. The molecule has 0 aromatic carbocycles. The van der Waals surface area contributed by atoms with Crippen LogP contribution >= 0.6 is 0 Å². The van der Waals surface area contributed by atoms with Gasteiger partial charge in [-0.05, 0) is 0 Å². The summed E-state index contributed by atoms with van der Waals surface area (Å²) >= 11 is 10.3. The molecule has 0 atom stereocenters. The predicted octanol–water partition coefficient (Wildman–Crippen LogP) is -21.3. The number of carbonyl (C=O) groups is 3. The molecule has 0 fully saturated rings. The molecule has 0 aliphatic rings. The summed E-state index contributed by atoms with van der Waals surface area (Å²) in [6.45, 7) is 0. The van der Waals surface area contributed by atoms with Crippen LogP contribution in [0.2, 0.25) is 0 Å². The Hall–Kier alpha value is 2.65. The van der Waals surface area contributed by atoms with Crippen molar-refractivity contribution in [2.45, 2.75) is 0 Å². The van der Waals surface area contributed by atoms with Crippen LogP contribution in [0.5, 0.6) is 0 Å². The molecule has 18 heavy (non-hydrogen) atoms. The van der Waals surface area contributed by atoms with E-state index in [1.54, 1.807) is 0 Å². The van der Waals surface area contributed by atoms with Crippen LogP contribution in [0.15, 0.2) is 0 Å². The maximum Gasteiger partial charge on any atom is 1.00 e. The van der Waals surface area contributed by atoms with Crippen molar-refractivity contribution in [2.24, 2.45) is 0 Å². The third-order valence-electron chi connectivity index (χ3n) is 0. The molecule has 0 saturated carbocycles. The molecule has 0 rings (SSSR count). The van der Waals surface area contributed by atoms with Crippen molar-refractivity contribution in [1.82, 2.24) is 0 Å². The van der Waals surface area contributed by atoms with Crippen molar-refractivity contribution in [1.29, 1.82) is 0 Å². The van der Waals surface area contributed by atoms with Crippen molar-refractivity contribution in [3.63, 3.8) is 0 Å². The molecule has 0 radical (unpaired) electrons. The maximum absolute atomic E-state index is 8.70. The van der Waals surface area contributed by atoms with Crippen LogP contribution in [0.3, 0.4) is 0 Å². The molecule has 0 spiro atoms. The molecule has 0 aliphatic carbocycles. The minimum Gasteiger partial charge on any atom is -0.764 e. The van der Waals surface area contributed by atoms with E-state index >= 15 is 0 Å². The molecule has 0 saturated heterocycles. The molecule has 15 heteroatoms. The van der Waals surface area contributed by atoms with E-state index in [9.17, 15) is 0 Å². The average Bonchev–Trinajstić information content (AvgIpc) is 1.54. The standard InChI is InChI=1S/3CH2O2S.6Li/c3*2-1(3)4;;;;;;/h3*4H,(H,2,3);;;;;;/q;;;6*+1/p-6. The van der Waals surface area contributed by atoms with E-state index in [0.29, 0.717) is 0 Å². The van der Waals surface area contributed by atoms with Crippen LogP contribution < -0.4 is 128 Å². The van der Waals surface area contributed by atoms with Gasteiger partial charge in [-0.2, -0.15) is 0 Å². The zero-order valence-electron chi connectivity index (χ0n) is 11.2. The van der Waals surface area contributed by atoms with Gasteiger partial charge in [0, 0.05) is 0 Å². The second kappa shape index (κ2) is 50.4. The smallest absolute Gasteiger partial charge is 0.764 e. The SMILES string of the molecule is O=C([O-])[S-].O=C([O-])[S-].O=C([O-])[S-].[Li+].[Li+].[Li+].[Li+].[Li+].[Li+]. The maximum atomic E-state index is 8.70. The number of carboxylic acid groups (broad SMARTS) is 3. The van der Waals surface area contributed by atoms with E-state index in [1.165, 1.54) is 0 Å². The fourth-order valence-electron chi connectivity index (χ4n) is 0. The summed E-state index contributed by atoms with van der Waals surface area (Å²) in [6, 6.07) is 0. The van der Waals surface area contributed by atoms with Gasteiger partial charge in [0.1, 0.15) is 0 Å². The van der Waals surface area contributed by atoms with Gasteiger partial charge < -0.3 is 67.6 Å². The van der Waals surface area contributed by atoms with Crippen molar-refractivity contribution >= 4 is 53.8 Å². The third kappa shape index (κ3) is 825. The number of carbonyl (C=O) groups excluding carboxylic acids is 3. The van der Waals surface area contributed by atoms with E-state index in [0.717, 1.165) is 0 Å². The Morgan fingerprint density at radius 1 is 0.500 bits per heavy atom. The van der Waals surface area contributed by atoms with Gasteiger partial charge in [-0.25, -0.2) is 0 Å². The van der Waals surface area contributed by atoms with Gasteiger partial charge in [-0.3, -0.25) is 0 Å². The molecule has 0 amide bonds. The average molecular weight is 270 g/mol. The van der Waals surface area contributed by atoms with Crippen LogP contribution in [0.25, 0.3) is 0 Å². The second-order valence-corrected chi connectivity index (χ2v) is 1.75. The Balaban J connectivity index is -0.00000000827. The van der Waals surface area contributed by atoms with Gasteiger partial charge >= 0.3 is 113 Å². The summed E-state index contributed by atoms with van der Waals surface area (Å²) in [5.41, 5.74) is 0. The minimum atomic E-state index is -1.50. The Bertz CT molecular complexity index is 132. The van der Waals surface area contributed by atoms with E-state index in [4.69, 9.17) is 29.7 Å². The first kappa shape index (κ1) is 58.7. The number of hydrogen-bond acceptors (Lipinski definition) is 9. The first-order valence-corrected chi connectivity index (χ1v) is 3.06. The Labute approximate surface area is 194 Å². The summed E-state index contributed by atoms with van der Waals surface area (Å²) in [5, 5.41) is 21.6. The molecule has 0 N–H and O–H groups in total. The number of rotatable bonds is 0. The summed E-state index contributed by atoms with van der Waals surface area (Å²) in [7, 11) is 0. The third-order valence-corrected chi connectivity index (χ3v) is 0. The van der Waals surface area contributed by atoms with Gasteiger partial charge in [-0.15, -0.1) is 0 Å². The van der Waals surface area contributed by atoms with E-state index < -0.39 is 15.9 Å². The molecule has 0 aliphatic heterocycles. The van der Waals surface area contributed by atoms with Crippen LogP contribution in [-0.4, -0.2) is 15.9 Å². The summed E-state index contributed by atoms with van der Waals surface area (Å²) < 4.78 is 0. The van der Waals surface area contributed by atoms with Crippen LogP contribution in [0, 0.1) is 0 Å². The summed E-state index contributed by atoms with van der Waals surface area (Å²) in [5.74, 6) is 0. The molecular formula is C3Li6O6S3. The first-order valence-electron chi connectivity index (χ1n) is 1.84. The number of hydrogen-bond donors (Lipinski definition) is 0. The van der Waals surface area contributed by atoms with Gasteiger partial charge in [0.25, 0.3) is 0 Å². The monoisotopic (exact) mass is 270 g/mol. The molecule has 0 heterocycles. The molecular weight excluding hydrogens is 270 g/mol. The van der Waals surface area contributed by atoms with Gasteiger partial charge in [-0.1, -0.05) is 15.9 Å². The molecule has 0 bridgehead atoms. The fourth-order valence-corrected chi connectivity index (χ4v) is 0. The predicted molar refractivity (Wildman–Crippen MR) is 38.3 cm³/mol. The van der Waals surface area contributed by atoms with Crippen LogP contribution in [-0.2, 0) is 37.9 Å². The van der Waals surface area contributed by atoms with E-state index in [-0.39, 0.29) is 113 Å². The van der Waals surface area contributed by atoms with E-state index in [2.05, 4.69) is 37.9 Å². The minimum absolute atomic E-state index is 0. The normalized spacial score (nSPS) is 4.00. The molecule has 0 aromatic heterocycles. The largest absolute Gasteiger partial charge is 1.00 e. The second-order valence-electron chi connectivity index (χ2n) is 0.750. The van der Waals surface area contributed by atoms with Crippen molar-refractivity contribution in [3.05, 3.63) is 0 Å². The van der Waals surface area contributed by atoms with Crippen molar-refractivity contribution in [3.8, 4) is 0 Å². The Morgan fingerprint density at radius 3 is 0.500 bits per heavy atom. The Kier molecular flexibility index (Phi) is 164. The van der Waals surface area contributed by atoms with Gasteiger partial charge in [0.05, 0.1) is 0 Å². The molecule has 72 valence electrons. The van der Waals surface area contributed by atoms with Crippen LogP contribution in [0.4, 0.5) is 14.4 Å². The molecule has 0 aromatic rings. The van der Waals surface area contributed by atoms with E-state index in [1.807, 2.05) is 0 Å². The zero-order valence-corrected chi connectivity index (χ0v) is 13.6. The topological polar surface area (TPSA) is 120 Å². The molecule has 0 unspecified atom stereocenters. The quantitative estimate of drug-likeness (QED) is 0.312. The van der Waals surface area contributed by atoms with Crippen LogP contribution in [0.1, 0.15) is 0 Å². The van der Waals surface area contributed by atoms with Gasteiger partial charge in [0.2, 0.25) is 0 Å². The van der Waals surface area contributed by atoms with Crippen molar-refractivity contribution < 1.29 is 143 Å².